The van der Waals surface area contributed by atoms with Gasteiger partial charge >= 0.3 is 0 Å². The Hall–Kier alpha value is -3.62. The molecular formula is C31H34N6OS. The number of pyridine rings is 1. The third-order valence-corrected chi connectivity index (χ3v) is 8.91. The Morgan fingerprint density at radius 3 is 2.62 bits per heavy atom. The molecule has 0 amide bonds. The first-order valence-corrected chi connectivity index (χ1v) is 14.7. The number of thiophene rings is 1. The number of tetrazole rings is 1. The monoisotopic (exact) mass is 538 g/mol. The Labute approximate surface area is 232 Å². The Kier molecular flexibility index (Phi) is 7.39. The van der Waals surface area contributed by atoms with Crippen LogP contribution in [0.3, 0.4) is 0 Å². The van der Waals surface area contributed by atoms with E-state index in [2.05, 4.69) is 99.2 Å². The summed E-state index contributed by atoms with van der Waals surface area (Å²) >= 11 is 1.74. The Morgan fingerprint density at radius 1 is 1.05 bits per heavy atom. The van der Waals surface area contributed by atoms with Gasteiger partial charge in [0, 0.05) is 29.0 Å². The minimum Gasteiger partial charge on any atom is -0.322 e. The van der Waals surface area contributed by atoms with Gasteiger partial charge in [0.1, 0.15) is 6.04 Å². The topological polar surface area (TPSA) is 79.7 Å². The van der Waals surface area contributed by atoms with E-state index in [0.717, 1.165) is 48.1 Å². The van der Waals surface area contributed by atoms with Crippen molar-refractivity contribution in [3.05, 3.63) is 109 Å². The molecule has 0 saturated heterocycles. The number of rotatable bonds is 9. The summed E-state index contributed by atoms with van der Waals surface area (Å²) in [7, 11) is 0. The summed E-state index contributed by atoms with van der Waals surface area (Å²) in [6.45, 7) is 5.65. The highest BCUT2D eigenvalue weighted by Gasteiger charge is 2.33. The van der Waals surface area contributed by atoms with Gasteiger partial charge in [-0.1, -0.05) is 49.2 Å². The van der Waals surface area contributed by atoms with Crippen LogP contribution in [0.25, 0.3) is 10.9 Å². The lowest BCUT2D eigenvalue weighted by molar-refractivity contribution is 0.203. The third-order valence-electron chi connectivity index (χ3n) is 8.05. The maximum Gasteiger partial charge on any atom is 0.253 e. The average Bonchev–Trinajstić information content (AvgIpc) is 3.73. The first kappa shape index (κ1) is 25.6. The molecule has 39 heavy (non-hydrogen) atoms. The molecule has 0 radical (unpaired) electrons. The molecule has 3 aromatic heterocycles. The van der Waals surface area contributed by atoms with Crippen LogP contribution in [0.5, 0.6) is 0 Å². The van der Waals surface area contributed by atoms with Gasteiger partial charge in [0.05, 0.1) is 6.04 Å². The first-order chi connectivity index (χ1) is 19.1. The van der Waals surface area contributed by atoms with E-state index in [-0.39, 0.29) is 17.6 Å². The Balaban J connectivity index is 1.50. The fraction of sp³-hybridized carbons (Fsp3) is 0.355. The minimum absolute atomic E-state index is 0.0902. The average molecular weight is 539 g/mol. The molecule has 8 heteroatoms. The van der Waals surface area contributed by atoms with Crippen LogP contribution < -0.4 is 5.56 Å². The Bertz CT molecular complexity index is 1600. The smallest absolute Gasteiger partial charge is 0.253 e. The van der Waals surface area contributed by atoms with Crippen molar-refractivity contribution in [2.24, 2.45) is 0 Å². The second-order valence-corrected chi connectivity index (χ2v) is 11.7. The summed E-state index contributed by atoms with van der Waals surface area (Å²) in [4.78, 5) is 20.6. The molecule has 0 aliphatic heterocycles. The lowest BCUT2D eigenvalue weighted by Gasteiger charge is -2.31. The largest absolute Gasteiger partial charge is 0.322 e. The summed E-state index contributed by atoms with van der Waals surface area (Å²) in [5, 5.41) is 16.4. The van der Waals surface area contributed by atoms with Crippen molar-refractivity contribution in [3.8, 4) is 0 Å². The van der Waals surface area contributed by atoms with E-state index in [1.165, 1.54) is 28.8 Å². The van der Waals surface area contributed by atoms with Gasteiger partial charge in [-0.3, -0.25) is 9.69 Å². The summed E-state index contributed by atoms with van der Waals surface area (Å²) in [5.41, 5.74) is 5.08. The van der Waals surface area contributed by atoms with Crippen LogP contribution in [-0.2, 0) is 13.0 Å². The number of nitrogens with zero attached hydrogens (tertiary/aromatic N) is 5. The number of aromatic nitrogens is 5. The number of hydrogen-bond acceptors (Lipinski definition) is 6. The summed E-state index contributed by atoms with van der Waals surface area (Å²) < 4.78 is 2.01. The van der Waals surface area contributed by atoms with Gasteiger partial charge in [-0.15, -0.1) is 16.4 Å². The van der Waals surface area contributed by atoms with Crippen LogP contribution in [0.1, 0.15) is 70.7 Å². The molecule has 7 nitrogen and oxygen atoms in total. The maximum atomic E-state index is 13.8. The van der Waals surface area contributed by atoms with Gasteiger partial charge in [0.25, 0.3) is 5.56 Å². The van der Waals surface area contributed by atoms with Gasteiger partial charge in [-0.2, -0.15) is 0 Å². The quantitative estimate of drug-likeness (QED) is 0.244. The fourth-order valence-electron chi connectivity index (χ4n) is 5.80. The number of H-pyrrole nitrogens is 1. The summed E-state index contributed by atoms with van der Waals surface area (Å²) in [6.07, 6.45) is 5.34. The molecule has 5 aromatic rings. The highest BCUT2D eigenvalue weighted by molar-refractivity contribution is 7.09. The maximum absolute atomic E-state index is 13.8. The van der Waals surface area contributed by atoms with E-state index in [9.17, 15) is 4.79 Å². The molecule has 1 aliphatic carbocycles. The van der Waals surface area contributed by atoms with Crippen molar-refractivity contribution < 1.29 is 0 Å². The molecule has 0 spiro atoms. The van der Waals surface area contributed by atoms with E-state index in [4.69, 9.17) is 0 Å². The second kappa shape index (κ2) is 11.2. The second-order valence-electron chi connectivity index (χ2n) is 10.7. The highest BCUT2D eigenvalue weighted by atomic mass is 32.1. The normalized spacial score (nSPS) is 14.9. The predicted octanol–water partition coefficient (Wildman–Crippen LogP) is 6.14. The number of hydrogen-bond donors (Lipinski definition) is 1. The molecule has 1 saturated carbocycles. The third kappa shape index (κ3) is 5.44. The number of nitrogens with one attached hydrogen (secondary N) is 1. The van der Waals surface area contributed by atoms with Crippen molar-refractivity contribution in [1.82, 2.24) is 30.1 Å². The van der Waals surface area contributed by atoms with E-state index in [1.807, 2.05) is 10.7 Å². The predicted molar refractivity (Wildman–Crippen MR) is 156 cm³/mol. The standard InChI is InChI=1S/C31H34N6OS/c1-21-17-24-19-27(31(38)32-28(24)18-22(21)2)29(30-33-34-35-37(30)25-11-6-7-12-25)36(20-26-13-8-16-39-26)15-14-23-9-4-3-5-10-23/h3-5,8-10,13,16-19,25,29H,6-7,11-12,14-15,20H2,1-2H3,(H,32,38). The zero-order valence-electron chi connectivity index (χ0n) is 22.5. The molecule has 2 aromatic carbocycles. The van der Waals surface area contributed by atoms with Gasteiger partial charge in [-0.05, 0) is 95.3 Å². The molecule has 0 bridgehead atoms. The molecular weight excluding hydrogens is 504 g/mol. The number of benzene rings is 2. The van der Waals surface area contributed by atoms with Crippen molar-refractivity contribution in [1.29, 1.82) is 0 Å². The molecule has 1 aliphatic rings. The highest BCUT2D eigenvalue weighted by Crippen LogP contribution is 2.35. The lowest BCUT2D eigenvalue weighted by Crippen LogP contribution is -2.36. The molecule has 1 N–H and O–H groups in total. The minimum atomic E-state index is -0.388. The number of aromatic amines is 1. The van der Waals surface area contributed by atoms with Crippen LogP contribution in [0.2, 0.25) is 0 Å². The van der Waals surface area contributed by atoms with Crippen molar-refractivity contribution >= 4 is 22.2 Å². The summed E-state index contributed by atoms with van der Waals surface area (Å²) in [6, 6.07) is 20.9. The molecule has 1 atom stereocenters. The Morgan fingerprint density at radius 2 is 1.85 bits per heavy atom. The van der Waals surface area contributed by atoms with Crippen molar-refractivity contribution in [3.63, 3.8) is 0 Å². The lowest BCUT2D eigenvalue weighted by atomic mass is 10.00. The fourth-order valence-corrected chi connectivity index (χ4v) is 6.53. The van der Waals surface area contributed by atoms with Gasteiger partial charge in [0.15, 0.2) is 5.82 Å². The van der Waals surface area contributed by atoms with E-state index >= 15 is 0 Å². The van der Waals surface area contributed by atoms with Gasteiger partial charge < -0.3 is 4.98 Å². The van der Waals surface area contributed by atoms with E-state index < -0.39 is 0 Å². The van der Waals surface area contributed by atoms with Crippen LogP contribution in [-0.4, -0.2) is 36.6 Å². The molecule has 1 unspecified atom stereocenters. The van der Waals surface area contributed by atoms with Crippen molar-refractivity contribution in [2.45, 2.75) is 64.6 Å². The molecule has 200 valence electrons. The summed E-state index contributed by atoms with van der Waals surface area (Å²) in [5.74, 6) is 0.750. The molecule has 6 rings (SSSR count). The van der Waals surface area contributed by atoms with Crippen LogP contribution in [0.15, 0.2) is 70.8 Å². The van der Waals surface area contributed by atoms with Crippen molar-refractivity contribution in [2.75, 3.05) is 6.54 Å². The SMILES string of the molecule is Cc1cc2cc(C(c3nnnn3C3CCCC3)N(CCc3ccccc3)Cc3cccs3)c(=O)[nH]c2cc1C. The zero-order chi connectivity index (χ0) is 26.8. The van der Waals surface area contributed by atoms with E-state index in [0.29, 0.717) is 12.1 Å². The number of fused-ring (bicyclic) bond motifs is 1. The van der Waals surface area contributed by atoms with Crippen LogP contribution in [0, 0.1) is 13.8 Å². The van der Waals surface area contributed by atoms with Gasteiger partial charge in [-0.25, -0.2) is 4.68 Å². The zero-order valence-corrected chi connectivity index (χ0v) is 23.3. The molecule has 1 fully saturated rings. The van der Waals surface area contributed by atoms with Crippen LogP contribution >= 0.6 is 11.3 Å². The number of aryl methyl sites for hydroxylation is 2. The first-order valence-electron chi connectivity index (χ1n) is 13.8. The van der Waals surface area contributed by atoms with E-state index in [1.54, 1.807) is 11.3 Å². The van der Waals surface area contributed by atoms with Crippen LogP contribution in [0.4, 0.5) is 0 Å². The van der Waals surface area contributed by atoms with Gasteiger partial charge in [0.2, 0.25) is 0 Å². The molecule has 3 heterocycles.